The molecule has 2 aliphatic rings. The number of carbonyl (C=O) groups is 1. The molecule has 0 radical (unpaired) electrons. The van der Waals surface area contributed by atoms with Crippen molar-refractivity contribution in [2.24, 2.45) is 0 Å². The van der Waals surface area contributed by atoms with Gasteiger partial charge in [0.15, 0.2) is 0 Å². The lowest BCUT2D eigenvalue weighted by Gasteiger charge is -2.24. The molecule has 4 nitrogen and oxygen atoms in total. The van der Waals surface area contributed by atoms with E-state index in [2.05, 4.69) is 16.0 Å². The van der Waals surface area contributed by atoms with Crippen LogP contribution in [0.3, 0.4) is 0 Å². The van der Waals surface area contributed by atoms with E-state index in [1.807, 2.05) is 12.3 Å². The molecule has 1 fully saturated rings. The largest absolute Gasteiger partial charge is 0.456 e. The summed E-state index contributed by atoms with van der Waals surface area (Å²) in [6.07, 6.45) is 7.65. The van der Waals surface area contributed by atoms with Gasteiger partial charge in [0.2, 0.25) is 0 Å². The molecule has 1 aliphatic carbocycles. The van der Waals surface area contributed by atoms with Gasteiger partial charge in [-0.25, -0.2) is 4.79 Å². The summed E-state index contributed by atoms with van der Waals surface area (Å²) in [5, 5.41) is 0. The SMILES string of the molecule is O=C1C=C(N(Cc2cccnc2)C2CC2)CO1. The molecule has 0 saturated heterocycles. The van der Waals surface area contributed by atoms with Crippen LogP contribution in [0.1, 0.15) is 18.4 Å². The number of aromatic nitrogens is 1. The van der Waals surface area contributed by atoms with Crippen LogP contribution in [0.25, 0.3) is 0 Å². The molecular weight excluding hydrogens is 216 g/mol. The van der Waals surface area contributed by atoms with Crippen molar-refractivity contribution >= 4 is 5.97 Å². The monoisotopic (exact) mass is 230 g/mol. The van der Waals surface area contributed by atoms with Crippen LogP contribution in [0.2, 0.25) is 0 Å². The molecule has 0 unspecified atom stereocenters. The van der Waals surface area contributed by atoms with Crippen LogP contribution >= 0.6 is 0 Å². The van der Waals surface area contributed by atoms with E-state index >= 15 is 0 Å². The van der Waals surface area contributed by atoms with Crippen molar-refractivity contribution in [1.82, 2.24) is 9.88 Å². The van der Waals surface area contributed by atoms with Gasteiger partial charge in [-0.05, 0) is 24.5 Å². The standard InChI is InChI=1S/C13H14N2O2/c16-13-6-12(9-17-13)15(11-3-4-11)8-10-2-1-5-14-7-10/h1-2,5-7,11H,3-4,8-9H2. The normalized spacial score (nSPS) is 18.8. The number of hydrogen-bond acceptors (Lipinski definition) is 4. The van der Waals surface area contributed by atoms with Crippen LogP contribution in [0, 0.1) is 0 Å². The van der Waals surface area contributed by atoms with E-state index < -0.39 is 0 Å². The fraction of sp³-hybridized carbons (Fsp3) is 0.385. The topological polar surface area (TPSA) is 42.4 Å². The first-order chi connectivity index (χ1) is 8.33. The number of carbonyl (C=O) groups excluding carboxylic acids is 1. The number of nitrogens with zero attached hydrogens (tertiary/aromatic N) is 2. The van der Waals surface area contributed by atoms with E-state index in [1.54, 1.807) is 12.3 Å². The summed E-state index contributed by atoms with van der Waals surface area (Å²) in [6.45, 7) is 1.22. The van der Waals surface area contributed by atoms with Crippen molar-refractivity contribution in [3.05, 3.63) is 41.9 Å². The van der Waals surface area contributed by atoms with E-state index in [4.69, 9.17) is 4.74 Å². The Kier molecular flexibility index (Phi) is 2.55. The Labute approximate surface area is 99.9 Å². The van der Waals surface area contributed by atoms with Gasteiger partial charge in [-0.2, -0.15) is 0 Å². The molecule has 1 aromatic rings. The number of pyridine rings is 1. The zero-order valence-corrected chi connectivity index (χ0v) is 9.50. The lowest BCUT2D eigenvalue weighted by Crippen LogP contribution is -2.25. The third-order valence-corrected chi connectivity index (χ3v) is 3.08. The zero-order valence-electron chi connectivity index (χ0n) is 9.50. The maximum atomic E-state index is 11.1. The molecule has 3 rings (SSSR count). The molecule has 1 saturated carbocycles. The number of esters is 1. The summed E-state index contributed by atoms with van der Waals surface area (Å²) in [7, 11) is 0. The number of hydrogen-bond donors (Lipinski definition) is 0. The summed E-state index contributed by atoms with van der Waals surface area (Å²) in [6, 6.07) is 4.56. The molecular formula is C13H14N2O2. The minimum absolute atomic E-state index is 0.225. The van der Waals surface area contributed by atoms with Crippen LogP contribution < -0.4 is 0 Å². The van der Waals surface area contributed by atoms with E-state index in [9.17, 15) is 4.79 Å². The van der Waals surface area contributed by atoms with Gasteiger partial charge < -0.3 is 9.64 Å². The van der Waals surface area contributed by atoms with Crippen molar-refractivity contribution in [3.63, 3.8) is 0 Å². The third-order valence-electron chi connectivity index (χ3n) is 3.08. The van der Waals surface area contributed by atoms with E-state index in [0.717, 1.165) is 12.2 Å². The average molecular weight is 230 g/mol. The predicted molar refractivity (Wildman–Crippen MR) is 61.8 cm³/mol. The molecule has 1 aromatic heterocycles. The third kappa shape index (κ3) is 2.30. The van der Waals surface area contributed by atoms with Crippen molar-refractivity contribution < 1.29 is 9.53 Å². The summed E-state index contributed by atoms with van der Waals surface area (Å²) >= 11 is 0. The van der Waals surface area contributed by atoms with E-state index in [0.29, 0.717) is 12.6 Å². The highest BCUT2D eigenvalue weighted by molar-refractivity contribution is 5.85. The molecule has 0 N–H and O–H groups in total. The minimum atomic E-state index is -0.225. The van der Waals surface area contributed by atoms with Crippen LogP contribution in [-0.2, 0) is 16.1 Å². The molecule has 0 bridgehead atoms. The molecule has 2 heterocycles. The van der Waals surface area contributed by atoms with Crippen LogP contribution in [0.15, 0.2) is 36.3 Å². The molecule has 0 atom stereocenters. The highest BCUT2D eigenvalue weighted by Crippen LogP contribution is 2.32. The van der Waals surface area contributed by atoms with Crippen molar-refractivity contribution in [1.29, 1.82) is 0 Å². The Morgan fingerprint density at radius 2 is 2.35 bits per heavy atom. The smallest absolute Gasteiger partial charge is 0.333 e. The number of ether oxygens (including phenoxy) is 1. The van der Waals surface area contributed by atoms with Gasteiger partial charge >= 0.3 is 5.97 Å². The second kappa shape index (κ2) is 4.20. The second-order valence-electron chi connectivity index (χ2n) is 4.46. The van der Waals surface area contributed by atoms with Gasteiger partial charge in [-0.3, -0.25) is 4.98 Å². The first-order valence-corrected chi connectivity index (χ1v) is 5.86. The molecule has 0 aromatic carbocycles. The van der Waals surface area contributed by atoms with E-state index in [1.165, 1.54) is 18.4 Å². The average Bonchev–Trinajstić information content (AvgIpc) is 3.10. The molecule has 88 valence electrons. The van der Waals surface area contributed by atoms with Gasteiger partial charge in [-0.1, -0.05) is 6.07 Å². The van der Waals surface area contributed by atoms with Crippen molar-refractivity contribution in [2.45, 2.75) is 25.4 Å². The van der Waals surface area contributed by atoms with Crippen LogP contribution in [0.4, 0.5) is 0 Å². The quantitative estimate of drug-likeness (QED) is 0.735. The Bertz CT molecular complexity index is 452. The zero-order chi connectivity index (χ0) is 11.7. The van der Waals surface area contributed by atoms with E-state index in [-0.39, 0.29) is 5.97 Å². The molecule has 4 heteroatoms. The summed E-state index contributed by atoms with van der Waals surface area (Å²) in [5.41, 5.74) is 2.17. The summed E-state index contributed by atoms with van der Waals surface area (Å²) in [5.74, 6) is -0.225. The second-order valence-corrected chi connectivity index (χ2v) is 4.46. The molecule has 1 aliphatic heterocycles. The first kappa shape index (κ1) is 10.3. The minimum Gasteiger partial charge on any atom is -0.456 e. The Balaban J connectivity index is 1.77. The molecule has 0 amide bonds. The molecule has 0 spiro atoms. The van der Waals surface area contributed by atoms with Gasteiger partial charge in [0.05, 0.1) is 5.70 Å². The van der Waals surface area contributed by atoms with Crippen molar-refractivity contribution in [2.75, 3.05) is 6.61 Å². The fourth-order valence-corrected chi connectivity index (χ4v) is 2.07. The molecule has 17 heavy (non-hydrogen) atoms. The maximum absolute atomic E-state index is 11.1. The lowest BCUT2D eigenvalue weighted by atomic mass is 10.2. The van der Waals surface area contributed by atoms with Gasteiger partial charge in [0.25, 0.3) is 0 Å². The van der Waals surface area contributed by atoms with Gasteiger partial charge in [0.1, 0.15) is 6.61 Å². The highest BCUT2D eigenvalue weighted by atomic mass is 16.5. The van der Waals surface area contributed by atoms with Crippen molar-refractivity contribution in [3.8, 4) is 0 Å². The Morgan fingerprint density at radius 3 is 2.94 bits per heavy atom. The van der Waals surface area contributed by atoms with Gasteiger partial charge in [0, 0.05) is 31.1 Å². The first-order valence-electron chi connectivity index (χ1n) is 5.86. The number of rotatable bonds is 4. The maximum Gasteiger partial charge on any atom is 0.333 e. The number of cyclic esters (lactones) is 1. The summed E-state index contributed by atoms with van der Waals surface area (Å²) < 4.78 is 4.97. The van der Waals surface area contributed by atoms with Gasteiger partial charge in [-0.15, -0.1) is 0 Å². The Morgan fingerprint density at radius 1 is 1.47 bits per heavy atom. The Hall–Kier alpha value is -1.84. The van der Waals surface area contributed by atoms with Crippen LogP contribution in [-0.4, -0.2) is 28.5 Å². The predicted octanol–water partition coefficient (Wildman–Crippen LogP) is 1.49. The van der Waals surface area contributed by atoms with Crippen LogP contribution in [0.5, 0.6) is 0 Å². The lowest BCUT2D eigenvalue weighted by molar-refractivity contribution is -0.135. The fourth-order valence-electron chi connectivity index (χ4n) is 2.07. The summed E-state index contributed by atoms with van der Waals surface area (Å²) in [4.78, 5) is 17.5. The highest BCUT2D eigenvalue weighted by Gasteiger charge is 2.32.